The van der Waals surface area contributed by atoms with E-state index in [-0.39, 0.29) is 29.8 Å². The first-order valence-corrected chi connectivity index (χ1v) is 9.20. The standard InChI is InChI=1S/C19H24N4O2/c24-17-11-5-4-9-15(17)16-10-6-12-22(16)19(25)18-20-13-23(21-18)14-7-2-1-3-8-14/h1-3,7-8,13,15-17,24H,4-6,9-12H2/t15-,16+,17-/m0/s1. The van der Waals surface area contributed by atoms with E-state index in [1.165, 1.54) is 0 Å². The van der Waals surface area contributed by atoms with E-state index in [1.807, 2.05) is 35.2 Å². The highest BCUT2D eigenvalue weighted by Crippen LogP contribution is 2.35. The first kappa shape index (κ1) is 16.3. The summed E-state index contributed by atoms with van der Waals surface area (Å²) in [6, 6.07) is 9.78. The number of benzene rings is 1. The van der Waals surface area contributed by atoms with Crippen LogP contribution in [0.15, 0.2) is 36.7 Å². The van der Waals surface area contributed by atoms with E-state index in [4.69, 9.17) is 0 Å². The Morgan fingerprint density at radius 3 is 2.68 bits per heavy atom. The lowest BCUT2D eigenvalue weighted by atomic mass is 9.80. The smallest absolute Gasteiger partial charge is 0.293 e. The van der Waals surface area contributed by atoms with Gasteiger partial charge in [0.25, 0.3) is 5.91 Å². The van der Waals surface area contributed by atoms with Gasteiger partial charge in [0.2, 0.25) is 5.82 Å². The van der Waals surface area contributed by atoms with E-state index in [0.29, 0.717) is 0 Å². The molecule has 0 unspecified atom stereocenters. The third-order valence-corrected chi connectivity index (χ3v) is 5.54. The van der Waals surface area contributed by atoms with Gasteiger partial charge in [0.1, 0.15) is 6.33 Å². The summed E-state index contributed by atoms with van der Waals surface area (Å²) >= 11 is 0. The highest BCUT2D eigenvalue weighted by atomic mass is 16.3. The second-order valence-corrected chi connectivity index (χ2v) is 7.07. The van der Waals surface area contributed by atoms with E-state index in [9.17, 15) is 9.90 Å². The Morgan fingerprint density at radius 1 is 1.08 bits per heavy atom. The molecule has 132 valence electrons. The van der Waals surface area contributed by atoms with Crippen molar-refractivity contribution in [3.05, 3.63) is 42.5 Å². The van der Waals surface area contributed by atoms with Crippen LogP contribution in [-0.4, -0.2) is 49.4 Å². The molecule has 1 saturated heterocycles. The zero-order valence-electron chi connectivity index (χ0n) is 14.3. The van der Waals surface area contributed by atoms with Crippen molar-refractivity contribution in [2.75, 3.05) is 6.54 Å². The number of nitrogens with zero attached hydrogens (tertiary/aromatic N) is 4. The average Bonchev–Trinajstić information content (AvgIpc) is 3.32. The third kappa shape index (κ3) is 3.18. The molecule has 2 aliphatic rings. The molecule has 0 spiro atoms. The number of aromatic nitrogens is 3. The molecule has 3 atom stereocenters. The van der Waals surface area contributed by atoms with Crippen LogP contribution < -0.4 is 0 Å². The van der Waals surface area contributed by atoms with Crippen LogP contribution in [0.25, 0.3) is 5.69 Å². The fourth-order valence-corrected chi connectivity index (χ4v) is 4.27. The maximum absolute atomic E-state index is 13.0. The van der Waals surface area contributed by atoms with Gasteiger partial charge in [-0.25, -0.2) is 9.67 Å². The Morgan fingerprint density at radius 2 is 1.88 bits per heavy atom. The summed E-state index contributed by atoms with van der Waals surface area (Å²) in [7, 11) is 0. The molecule has 1 saturated carbocycles. The van der Waals surface area contributed by atoms with Gasteiger partial charge in [0, 0.05) is 18.5 Å². The summed E-state index contributed by atoms with van der Waals surface area (Å²) in [5.74, 6) is 0.312. The number of aliphatic hydroxyl groups is 1. The van der Waals surface area contributed by atoms with Crippen molar-refractivity contribution in [2.24, 2.45) is 5.92 Å². The van der Waals surface area contributed by atoms with Crippen molar-refractivity contribution in [2.45, 2.75) is 50.7 Å². The van der Waals surface area contributed by atoms with Crippen LogP contribution in [0.3, 0.4) is 0 Å². The number of likely N-dealkylation sites (tertiary alicyclic amines) is 1. The molecule has 1 aromatic heterocycles. The SMILES string of the molecule is O=C(c1ncn(-c2ccccc2)n1)N1CCC[C@@H]1[C@@H]1CCCC[C@@H]1O. The number of carbonyl (C=O) groups is 1. The van der Waals surface area contributed by atoms with Crippen molar-refractivity contribution >= 4 is 5.91 Å². The predicted octanol–water partition coefficient (Wildman–Crippen LogP) is 2.42. The largest absolute Gasteiger partial charge is 0.393 e. The van der Waals surface area contributed by atoms with Gasteiger partial charge in [-0.3, -0.25) is 4.79 Å². The highest BCUT2D eigenvalue weighted by molar-refractivity contribution is 5.90. The number of hydrogen-bond donors (Lipinski definition) is 1. The number of aliphatic hydroxyl groups excluding tert-OH is 1. The predicted molar refractivity (Wildman–Crippen MR) is 93.4 cm³/mol. The zero-order valence-corrected chi connectivity index (χ0v) is 14.3. The monoisotopic (exact) mass is 340 g/mol. The normalized spacial score (nSPS) is 26.8. The van der Waals surface area contributed by atoms with Crippen LogP contribution in [0.5, 0.6) is 0 Å². The average molecular weight is 340 g/mol. The van der Waals surface area contributed by atoms with Crippen molar-refractivity contribution in [1.82, 2.24) is 19.7 Å². The van der Waals surface area contributed by atoms with E-state index >= 15 is 0 Å². The Kier molecular flexibility index (Phi) is 4.53. The quantitative estimate of drug-likeness (QED) is 0.931. The van der Waals surface area contributed by atoms with Gasteiger partial charge >= 0.3 is 0 Å². The van der Waals surface area contributed by atoms with Crippen LogP contribution in [0.1, 0.15) is 49.1 Å². The number of para-hydroxylation sites is 1. The van der Waals surface area contributed by atoms with Crippen LogP contribution in [0.2, 0.25) is 0 Å². The maximum Gasteiger partial charge on any atom is 0.293 e. The number of carbonyl (C=O) groups excluding carboxylic acids is 1. The molecule has 6 nitrogen and oxygen atoms in total. The van der Waals surface area contributed by atoms with E-state index < -0.39 is 0 Å². The van der Waals surface area contributed by atoms with Gasteiger partial charge in [0.05, 0.1) is 11.8 Å². The lowest BCUT2D eigenvalue weighted by Gasteiger charge is -2.36. The second-order valence-electron chi connectivity index (χ2n) is 7.07. The fraction of sp³-hybridized carbons (Fsp3) is 0.526. The summed E-state index contributed by atoms with van der Waals surface area (Å²) < 4.78 is 1.63. The number of rotatable bonds is 3. The Bertz CT molecular complexity index is 730. The minimum absolute atomic E-state index is 0.116. The topological polar surface area (TPSA) is 71.2 Å². The summed E-state index contributed by atoms with van der Waals surface area (Å²) in [5, 5.41) is 14.8. The van der Waals surface area contributed by atoms with Crippen molar-refractivity contribution < 1.29 is 9.90 Å². The molecule has 0 radical (unpaired) electrons. The Balaban J connectivity index is 1.53. The zero-order chi connectivity index (χ0) is 17.2. The van der Waals surface area contributed by atoms with E-state index in [0.717, 1.165) is 50.8 Å². The lowest BCUT2D eigenvalue weighted by Crippen LogP contribution is -2.45. The van der Waals surface area contributed by atoms with Gasteiger partial charge in [-0.15, -0.1) is 5.10 Å². The molecule has 2 fully saturated rings. The highest BCUT2D eigenvalue weighted by Gasteiger charge is 2.40. The summed E-state index contributed by atoms with van der Waals surface area (Å²) in [4.78, 5) is 19.1. The lowest BCUT2D eigenvalue weighted by molar-refractivity contribution is 0.0207. The molecule has 1 aliphatic carbocycles. The number of hydrogen-bond acceptors (Lipinski definition) is 4. The first-order chi connectivity index (χ1) is 12.2. The summed E-state index contributed by atoms with van der Waals surface area (Å²) in [6.45, 7) is 0.729. The molecule has 2 aromatic rings. The molecular weight excluding hydrogens is 316 g/mol. The van der Waals surface area contributed by atoms with E-state index in [1.54, 1.807) is 11.0 Å². The molecule has 2 heterocycles. The van der Waals surface area contributed by atoms with Crippen LogP contribution >= 0.6 is 0 Å². The van der Waals surface area contributed by atoms with E-state index in [2.05, 4.69) is 10.1 Å². The van der Waals surface area contributed by atoms with Crippen LogP contribution in [0.4, 0.5) is 0 Å². The third-order valence-electron chi connectivity index (χ3n) is 5.54. The second kappa shape index (κ2) is 6.96. The summed E-state index contributed by atoms with van der Waals surface area (Å²) in [6.07, 6.45) is 7.32. The molecule has 0 bridgehead atoms. The van der Waals surface area contributed by atoms with Crippen LogP contribution in [0, 0.1) is 5.92 Å². The van der Waals surface area contributed by atoms with Gasteiger partial charge < -0.3 is 10.0 Å². The minimum atomic E-state index is -0.290. The molecule has 1 N–H and O–H groups in total. The van der Waals surface area contributed by atoms with Crippen LogP contribution in [-0.2, 0) is 0 Å². The number of amides is 1. The minimum Gasteiger partial charge on any atom is -0.393 e. The van der Waals surface area contributed by atoms with Crippen molar-refractivity contribution in [3.8, 4) is 5.69 Å². The van der Waals surface area contributed by atoms with Gasteiger partial charge in [-0.05, 0) is 37.8 Å². The molecular formula is C19H24N4O2. The maximum atomic E-state index is 13.0. The molecule has 6 heteroatoms. The molecule has 1 aliphatic heterocycles. The van der Waals surface area contributed by atoms with Gasteiger partial charge in [-0.2, -0.15) is 0 Å². The molecule has 1 aromatic carbocycles. The Labute approximate surface area is 147 Å². The first-order valence-electron chi connectivity index (χ1n) is 9.20. The molecule has 4 rings (SSSR count). The van der Waals surface area contributed by atoms with Crippen molar-refractivity contribution in [3.63, 3.8) is 0 Å². The van der Waals surface area contributed by atoms with Gasteiger partial charge in [-0.1, -0.05) is 31.0 Å². The molecule has 1 amide bonds. The Hall–Kier alpha value is -2.21. The summed E-state index contributed by atoms with van der Waals surface area (Å²) in [5.41, 5.74) is 0.884. The van der Waals surface area contributed by atoms with Gasteiger partial charge in [0.15, 0.2) is 0 Å². The van der Waals surface area contributed by atoms with Crippen molar-refractivity contribution in [1.29, 1.82) is 0 Å². The fourth-order valence-electron chi connectivity index (χ4n) is 4.27. The molecule has 25 heavy (non-hydrogen) atoms.